The Kier molecular flexibility index (Phi) is 6.32. The number of pyridine rings is 1. The summed E-state index contributed by atoms with van der Waals surface area (Å²) in [5.74, 6) is -0.260. The number of nitrogens with zero attached hydrogens (tertiary/aromatic N) is 1. The number of esters is 1. The van der Waals surface area contributed by atoms with Crippen LogP contribution in [0, 0.1) is 6.92 Å². The quantitative estimate of drug-likeness (QED) is 0.424. The van der Waals surface area contributed by atoms with Crippen molar-refractivity contribution < 1.29 is 14.3 Å². The van der Waals surface area contributed by atoms with Crippen LogP contribution >= 0.6 is 11.6 Å². The van der Waals surface area contributed by atoms with Gasteiger partial charge in [0.05, 0.1) is 14.2 Å². The van der Waals surface area contributed by atoms with E-state index >= 15 is 0 Å². The number of allylic oxidation sites excluding steroid dienone is 1. The molecule has 0 fully saturated rings. The van der Waals surface area contributed by atoms with Gasteiger partial charge in [0, 0.05) is 40.2 Å². The van der Waals surface area contributed by atoms with Gasteiger partial charge in [0.2, 0.25) is 0 Å². The van der Waals surface area contributed by atoms with E-state index in [1.54, 1.807) is 13.0 Å². The van der Waals surface area contributed by atoms with E-state index in [-0.39, 0.29) is 22.6 Å². The van der Waals surface area contributed by atoms with Gasteiger partial charge in [0.25, 0.3) is 5.56 Å². The number of aromatic nitrogens is 2. The van der Waals surface area contributed by atoms with Gasteiger partial charge in [-0.2, -0.15) is 0 Å². The molecule has 0 amide bonds. The summed E-state index contributed by atoms with van der Waals surface area (Å²) >= 11 is 6.24. The molecule has 1 aromatic carbocycles. The molecule has 0 saturated carbocycles. The summed E-state index contributed by atoms with van der Waals surface area (Å²) in [5.41, 5.74) is 2.47. The van der Waals surface area contributed by atoms with E-state index in [1.165, 1.54) is 18.8 Å². The van der Waals surface area contributed by atoms with Crippen LogP contribution in [0.5, 0.6) is 5.75 Å². The third-order valence-electron chi connectivity index (χ3n) is 5.71. The number of hydrogen-bond acceptors (Lipinski definition) is 4. The average molecular weight is 443 g/mol. The number of nitrogens with one attached hydrogen (secondary N) is 1. The first-order chi connectivity index (χ1) is 14.7. The highest BCUT2D eigenvalue weighted by Gasteiger charge is 2.31. The summed E-state index contributed by atoms with van der Waals surface area (Å²) in [7, 11) is 2.75. The predicted octanol–water partition coefficient (Wildman–Crippen LogP) is 4.72. The minimum Gasteiger partial charge on any atom is -0.495 e. The molecule has 0 aliphatic rings. The van der Waals surface area contributed by atoms with E-state index in [0.717, 1.165) is 22.2 Å². The molecule has 31 heavy (non-hydrogen) atoms. The van der Waals surface area contributed by atoms with Gasteiger partial charge in [-0.3, -0.25) is 9.36 Å². The Hall–Kier alpha value is -2.99. The monoisotopic (exact) mass is 442 g/mol. The molecular weight excluding hydrogens is 416 g/mol. The number of methoxy groups -OCH3 is 2. The molecule has 164 valence electrons. The Morgan fingerprint density at radius 2 is 2.00 bits per heavy atom. The highest BCUT2D eigenvalue weighted by atomic mass is 35.5. The number of fused-ring (bicyclic) bond motifs is 1. The number of aromatic amines is 1. The minimum atomic E-state index is -0.903. The molecule has 1 N–H and O–H groups in total. The van der Waals surface area contributed by atoms with Crippen molar-refractivity contribution in [1.29, 1.82) is 0 Å². The molecule has 2 aromatic heterocycles. The van der Waals surface area contributed by atoms with Crippen LogP contribution in [0.4, 0.5) is 0 Å². The topological polar surface area (TPSA) is 73.3 Å². The van der Waals surface area contributed by atoms with Crippen LogP contribution in [0.3, 0.4) is 0 Å². The molecule has 0 radical (unpaired) electrons. The van der Waals surface area contributed by atoms with E-state index in [0.29, 0.717) is 5.69 Å². The zero-order valence-corrected chi connectivity index (χ0v) is 19.2. The lowest BCUT2D eigenvalue weighted by Gasteiger charge is -2.25. The molecule has 2 heterocycles. The summed E-state index contributed by atoms with van der Waals surface area (Å²) in [4.78, 5) is 29.4. The van der Waals surface area contributed by atoms with E-state index in [2.05, 4.69) is 11.6 Å². The highest BCUT2D eigenvalue weighted by molar-refractivity contribution is 6.31. The van der Waals surface area contributed by atoms with Crippen molar-refractivity contribution in [2.24, 2.45) is 0 Å². The third kappa shape index (κ3) is 4.00. The van der Waals surface area contributed by atoms with Crippen LogP contribution in [0.25, 0.3) is 10.9 Å². The van der Waals surface area contributed by atoms with E-state index in [1.807, 2.05) is 44.2 Å². The fourth-order valence-corrected chi connectivity index (χ4v) is 4.13. The second-order valence-electron chi connectivity index (χ2n) is 8.04. The predicted molar refractivity (Wildman–Crippen MR) is 123 cm³/mol. The standard InChI is InChI=1S/C24H27ClN2O4/c1-7-24(3,4)21-16(15-10-8-9-11-17(15)26-21)13-18(23(29)31-6)27-14(2)12-19(30-5)20(25)22(27)28/h7-12,18,26H,1,13H2,2-6H3. The molecule has 7 heteroatoms. The zero-order chi connectivity index (χ0) is 22.9. The molecule has 1 unspecified atom stereocenters. The average Bonchev–Trinajstić information content (AvgIpc) is 3.14. The van der Waals surface area contributed by atoms with Gasteiger partial charge < -0.3 is 14.5 Å². The number of carbonyl (C=O) groups is 1. The fraction of sp³-hybridized carbons (Fsp3) is 0.333. The van der Waals surface area contributed by atoms with Crippen molar-refractivity contribution in [1.82, 2.24) is 9.55 Å². The van der Waals surface area contributed by atoms with Crippen LogP contribution in [0.15, 0.2) is 47.8 Å². The summed E-state index contributed by atoms with van der Waals surface area (Å²) in [6.45, 7) is 9.79. The number of H-pyrrole nitrogens is 1. The zero-order valence-electron chi connectivity index (χ0n) is 18.4. The third-order valence-corrected chi connectivity index (χ3v) is 6.06. The number of aryl methyl sites for hydroxylation is 1. The Bertz CT molecular complexity index is 1210. The first-order valence-electron chi connectivity index (χ1n) is 9.93. The number of para-hydroxylation sites is 1. The Balaban J connectivity index is 2.26. The van der Waals surface area contributed by atoms with Gasteiger partial charge in [-0.15, -0.1) is 6.58 Å². The van der Waals surface area contributed by atoms with Crippen molar-refractivity contribution in [3.8, 4) is 5.75 Å². The first kappa shape index (κ1) is 22.7. The Morgan fingerprint density at radius 3 is 2.61 bits per heavy atom. The van der Waals surface area contributed by atoms with Gasteiger partial charge in [-0.25, -0.2) is 4.79 Å². The van der Waals surface area contributed by atoms with Crippen LogP contribution in [-0.4, -0.2) is 29.7 Å². The van der Waals surface area contributed by atoms with Crippen LogP contribution in [-0.2, 0) is 21.4 Å². The van der Waals surface area contributed by atoms with Crippen molar-refractivity contribution >= 4 is 28.5 Å². The largest absolute Gasteiger partial charge is 0.495 e. The molecular formula is C24H27ClN2O4. The normalized spacial score (nSPS) is 12.6. The smallest absolute Gasteiger partial charge is 0.329 e. The SMILES string of the molecule is C=CC(C)(C)c1[nH]c2ccccc2c1CC(C(=O)OC)n1c(C)cc(OC)c(Cl)c1=O. The van der Waals surface area contributed by atoms with Gasteiger partial charge >= 0.3 is 5.97 Å². The molecule has 3 aromatic rings. The number of carbonyl (C=O) groups excluding carboxylic acids is 1. The van der Waals surface area contributed by atoms with Crippen molar-refractivity contribution in [3.05, 3.63) is 75.3 Å². The summed E-state index contributed by atoms with van der Waals surface area (Å²) in [6, 6.07) is 8.61. The van der Waals surface area contributed by atoms with Crippen LogP contribution in [0.1, 0.15) is 36.8 Å². The maximum atomic E-state index is 13.1. The van der Waals surface area contributed by atoms with Crippen molar-refractivity contribution in [2.45, 2.75) is 38.6 Å². The number of ether oxygens (including phenoxy) is 2. The lowest BCUT2D eigenvalue weighted by Crippen LogP contribution is -2.34. The molecule has 0 bridgehead atoms. The molecule has 0 aliphatic carbocycles. The van der Waals surface area contributed by atoms with Gasteiger partial charge in [0.15, 0.2) is 0 Å². The fourth-order valence-electron chi connectivity index (χ4n) is 3.90. The van der Waals surface area contributed by atoms with E-state index in [9.17, 15) is 9.59 Å². The summed E-state index contributed by atoms with van der Waals surface area (Å²) < 4.78 is 11.7. The van der Waals surface area contributed by atoms with Crippen molar-refractivity contribution in [3.63, 3.8) is 0 Å². The van der Waals surface area contributed by atoms with Crippen LogP contribution < -0.4 is 10.3 Å². The second kappa shape index (κ2) is 8.63. The summed E-state index contributed by atoms with van der Waals surface area (Å²) in [6.07, 6.45) is 2.10. The van der Waals surface area contributed by atoms with Crippen molar-refractivity contribution in [2.75, 3.05) is 14.2 Å². The lowest BCUT2D eigenvalue weighted by molar-refractivity contribution is -0.144. The van der Waals surface area contributed by atoms with Gasteiger partial charge in [0.1, 0.15) is 16.8 Å². The Morgan fingerprint density at radius 1 is 1.32 bits per heavy atom. The summed E-state index contributed by atoms with van der Waals surface area (Å²) in [5, 5.41) is 0.902. The Labute approximate surface area is 186 Å². The molecule has 0 aliphatic heterocycles. The maximum Gasteiger partial charge on any atom is 0.329 e. The van der Waals surface area contributed by atoms with Gasteiger partial charge in [-0.1, -0.05) is 49.7 Å². The number of halogens is 1. The molecule has 1 atom stereocenters. The van der Waals surface area contributed by atoms with E-state index < -0.39 is 17.6 Å². The molecule has 0 saturated heterocycles. The maximum absolute atomic E-state index is 13.1. The number of rotatable bonds is 7. The second-order valence-corrected chi connectivity index (χ2v) is 8.41. The van der Waals surface area contributed by atoms with Gasteiger partial charge in [-0.05, 0) is 18.6 Å². The molecule has 3 rings (SSSR count). The van der Waals surface area contributed by atoms with Crippen LogP contribution in [0.2, 0.25) is 5.02 Å². The highest BCUT2D eigenvalue weighted by Crippen LogP contribution is 2.35. The lowest BCUT2D eigenvalue weighted by atomic mass is 9.85. The molecule has 6 nitrogen and oxygen atoms in total. The number of hydrogen-bond donors (Lipinski definition) is 1. The first-order valence-corrected chi connectivity index (χ1v) is 10.3. The number of benzene rings is 1. The van der Waals surface area contributed by atoms with E-state index in [4.69, 9.17) is 21.1 Å². The molecule has 0 spiro atoms. The minimum absolute atomic E-state index is 0.0763.